The first-order chi connectivity index (χ1) is 32.2. The van der Waals surface area contributed by atoms with Gasteiger partial charge in [-0.25, -0.2) is 0 Å². The monoisotopic (exact) mass is 968 g/mol. The molecule has 68 heavy (non-hydrogen) atoms. The lowest BCUT2D eigenvalue weighted by molar-refractivity contribution is -0.304. The summed E-state index contributed by atoms with van der Waals surface area (Å²) in [6.45, 7) is 3.10. The third-order valence-electron chi connectivity index (χ3n) is 11.8. The number of aliphatic hydroxyl groups excluding tert-OH is 10. The molecule has 0 spiro atoms. The van der Waals surface area contributed by atoms with Crippen molar-refractivity contribution in [2.24, 2.45) is 23.3 Å². The number of carbonyl (C=O) groups excluding carboxylic acids is 2. The summed E-state index contributed by atoms with van der Waals surface area (Å²) in [5.41, 5.74) is 11.4. The van der Waals surface area contributed by atoms with Crippen LogP contribution in [-0.4, -0.2) is 179 Å². The van der Waals surface area contributed by atoms with E-state index in [0.717, 1.165) is 0 Å². The highest BCUT2D eigenvalue weighted by Gasteiger charge is 2.50. The van der Waals surface area contributed by atoms with Gasteiger partial charge in [0.05, 0.1) is 86.0 Å². The first kappa shape index (κ1) is 58.8. The van der Waals surface area contributed by atoms with Gasteiger partial charge in [-0.1, -0.05) is 92.0 Å². The molecule has 0 saturated carbocycles. The Morgan fingerprint density at radius 1 is 0.750 bits per heavy atom. The van der Waals surface area contributed by atoms with Crippen molar-refractivity contribution in [2.45, 2.75) is 176 Å². The molecule has 20 heteroatoms. The lowest BCUT2D eigenvalue weighted by atomic mass is 9.82. The Labute approximate surface area is 398 Å². The number of fused-ring (bicyclic) bond motifs is 2. The van der Waals surface area contributed by atoms with Crippen molar-refractivity contribution in [1.82, 2.24) is 5.32 Å². The van der Waals surface area contributed by atoms with Crippen LogP contribution in [0.15, 0.2) is 85.1 Å². The second kappa shape index (κ2) is 30.3. The maximum Gasteiger partial charge on any atom is 0.308 e. The summed E-state index contributed by atoms with van der Waals surface area (Å²) in [6.07, 6.45) is 3.82. The van der Waals surface area contributed by atoms with E-state index in [0.29, 0.717) is 0 Å². The number of aliphatic hydroxyl groups is 11. The second-order valence-electron chi connectivity index (χ2n) is 18.0. The fourth-order valence-electron chi connectivity index (χ4n) is 7.97. The molecule has 3 rings (SSSR count). The van der Waals surface area contributed by atoms with E-state index in [-0.39, 0.29) is 57.6 Å². The highest BCUT2D eigenvalue weighted by Crippen LogP contribution is 2.38. The van der Waals surface area contributed by atoms with Crippen LogP contribution >= 0.6 is 0 Å². The number of amides is 1. The fourth-order valence-corrected chi connectivity index (χ4v) is 7.97. The van der Waals surface area contributed by atoms with E-state index >= 15 is 0 Å². The fraction of sp³-hybridized carbons (Fsp3) is 0.667. The Kier molecular flexibility index (Phi) is 26.2. The second-order valence-corrected chi connectivity index (χ2v) is 18.0. The van der Waals surface area contributed by atoms with Gasteiger partial charge >= 0.3 is 5.97 Å². The van der Waals surface area contributed by atoms with E-state index < -0.39 is 141 Å². The number of hydrogen-bond donors (Lipinski definition) is 14. The molecule has 2 fully saturated rings. The highest BCUT2D eigenvalue weighted by molar-refractivity contribution is 5.80. The molecular formula is C48H77N3O17. The van der Waals surface area contributed by atoms with Gasteiger partial charge in [-0.05, 0) is 26.2 Å². The van der Waals surface area contributed by atoms with Crippen molar-refractivity contribution in [1.29, 1.82) is 0 Å². The number of esters is 1. The third-order valence-corrected chi connectivity index (χ3v) is 11.8. The molecule has 386 valence electrons. The summed E-state index contributed by atoms with van der Waals surface area (Å²) >= 11 is 0. The molecule has 0 aromatic carbocycles. The maximum atomic E-state index is 13.6. The van der Waals surface area contributed by atoms with E-state index in [4.69, 9.17) is 30.4 Å². The number of carbonyl (C=O) groups is 2. The first-order valence-electron chi connectivity index (χ1n) is 23.3. The van der Waals surface area contributed by atoms with Gasteiger partial charge in [-0.3, -0.25) is 9.59 Å². The van der Waals surface area contributed by atoms with E-state index in [1.165, 1.54) is 0 Å². The summed E-state index contributed by atoms with van der Waals surface area (Å²) in [4.78, 5) is 26.1. The average molecular weight is 968 g/mol. The van der Waals surface area contributed by atoms with Crippen LogP contribution in [0.1, 0.15) is 78.1 Å². The molecule has 2 bridgehead atoms. The SMILES string of the molecule is C[C@H]1C[C@H](O)[C@@H](C)/C=C/C=C/C=C/C=C/C=C/C=C/C=C/C(O[C@@H]2OC[C@@H](O)[C@H](N)[C@@H]2O)C[C@@H]2OC(O)(C[C@@H](O)CC(O)C(O)CCC(O)CC(O)CC(=O)O1)C[C@H](O)[C@H]2C(=O)NCCC(N)O. The zero-order valence-electron chi connectivity index (χ0n) is 38.9. The van der Waals surface area contributed by atoms with Crippen LogP contribution in [0.2, 0.25) is 0 Å². The summed E-state index contributed by atoms with van der Waals surface area (Å²) < 4.78 is 23.2. The topological polar surface area (TPSA) is 358 Å². The number of hydrogen-bond acceptors (Lipinski definition) is 19. The van der Waals surface area contributed by atoms with Gasteiger partial charge in [-0.15, -0.1) is 0 Å². The number of nitrogens with two attached hydrogens (primary N) is 2. The van der Waals surface area contributed by atoms with Crippen molar-refractivity contribution >= 4 is 11.9 Å². The number of cyclic esters (lactones) is 1. The van der Waals surface area contributed by atoms with Gasteiger partial charge in [0.25, 0.3) is 0 Å². The first-order valence-corrected chi connectivity index (χ1v) is 23.3. The van der Waals surface area contributed by atoms with Crippen molar-refractivity contribution in [2.75, 3.05) is 13.2 Å². The average Bonchev–Trinajstić information content (AvgIpc) is 3.24. The van der Waals surface area contributed by atoms with Crippen LogP contribution in [0, 0.1) is 11.8 Å². The Hall–Kier alpha value is -3.52. The van der Waals surface area contributed by atoms with Crippen LogP contribution in [-0.2, 0) is 28.5 Å². The normalized spacial score (nSPS) is 42.2. The minimum atomic E-state index is -2.31. The Morgan fingerprint density at radius 2 is 1.35 bits per heavy atom. The number of nitrogens with one attached hydrogen (secondary N) is 1. The number of allylic oxidation sites excluding steroid dienone is 12. The molecule has 0 aliphatic carbocycles. The van der Waals surface area contributed by atoms with Gasteiger partial charge in [0.15, 0.2) is 12.1 Å². The number of ether oxygens (including phenoxy) is 4. The molecule has 3 heterocycles. The number of rotatable bonds is 6. The molecule has 16 N–H and O–H groups in total. The largest absolute Gasteiger partial charge is 0.462 e. The van der Waals surface area contributed by atoms with E-state index in [1.54, 1.807) is 73.8 Å². The van der Waals surface area contributed by atoms with E-state index in [9.17, 15) is 65.8 Å². The molecule has 0 radical (unpaired) electrons. The zero-order valence-corrected chi connectivity index (χ0v) is 38.9. The van der Waals surface area contributed by atoms with Crippen LogP contribution in [0.5, 0.6) is 0 Å². The van der Waals surface area contributed by atoms with Gasteiger partial charge < -0.3 is 91.9 Å². The molecule has 18 atom stereocenters. The van der Waals surface area contributed by atoms with Crippen LogP contribution < -0.4 is 16.8 Å². The van der Waals surface area contributed by atoms with Crippen molar-refractivity contribution in [3.05, 3.63) is 85.1 Å². The molecule has 3 aliphatic heterocycles. The van der Waals surface area contributed by atoms with Crippen molar-refractivity contribution < 1.29 is 84.7 Å². The molecule has 2 saturated heterocycles. The van der Waals surface area contributed by atoms with Gasteiger partial charge in [-0.2, -0.15) is 0 Å². The molecule has 20 nitrogen and oxygen atoms in total. The van der Waals surface area contributed by atoms with Crippen molar-refractivity contribution in [3.8, 4) is 0 Å². The molecule has 0 aromatic rings. The highest BCUT2D eigenvalue weighted by atomic mass is 16.7. The Balaban J connectivity index is 1.90. The van der Waals surface area contributed by atoms with Crippen molar-refractivity contribution in [3.63, 3.8) is 0 Å². The summed E-state index contributed by atoms with van der Waals surface area (Å²) in [5.74, 6) is -5.37. The summed E-state index contributed by atoms with van der Waals surface area (Å²) in [5, 5.41) is 121. The lowest BCUT2D eigenvalue weighted by Crippen LogP contribution is -2.59. The molecule has 7 unspecified atom stereocenters. The van der Waals surface area contributed by atoms with Gasteiger partial charge in [0.2, 0.25) is 5.91 Å². The zero-order chi connectivity index (χ0) is 50.4. The predicted octanol–water partition coefficient (Wildman–Crippen LogP) is -1.22. The van der Waals surface area contributed by atoms with Crippen LogP contribution in [0.25, 0.3) is 0 Å². The Morgan fingerprint density at radius 3 is 1.97 bits per heavy atom. The summed E-state index contributed by atoms with van der Waals surface area (Å²) in [6, 6.07) is -1.13. The van der Waals surface area contributed by atoms with E-state index in [1.807, 2.05) is 25.2 Å². The summed E-state index contributed by atoms with van der Waals surface area (Å²) in [7, 11) is 0. The predicted molar refractivity (Wildman–Crippen MR) is 248 cm³/mol. The van der Waals surface area contributed by atoms with E-state index in [2.05, 4.69) is 5.32 Å². The maximum absolute atomic E-state index is 13.6. The Bertz CT molecular complexity index is 1710. The smallest absolute Gasteiger partial charge is 0.308 e. The van der Waals surface area contributed by atoms with Gasteiger partial charge in [0.1, 0.15) is 18.4 Å². The standard InChI is InChI=1S/C48H77N3O17/c1-29-15-13-11-9-7-5-3-4-6-8-10-12-14-16-34(67-47-45(62)44(50)39(59)28-65-47)25-40-43(46(63)51-20-19-41(49)60)38(58)27-48(64,68-40)26-33(54)23-37(57)35(55)18-17-31(52)22-32(53)24-42(61)66-30(2)21-36(29)56/h3-16,29-41,43-45,47,52-60,62,64H,17-28,49-50H2,1-2H3,(H,51,63)/b4-3+,7-5+,8-6+,11-9+,12-10+,15-13+,16-14+/t29-,30-,31?,32?,33-,34?,35?,36-,37?,38-,39+,40-,41?,43+,44-,45-,47-,48?/m0/s1. The lowest BCUT2D eigenvalue weighted by Gasteiger charge is -2.45. The molecule has 1 amide bonds. The van der Waals surface area contributed by atoms with Crippen LogP contribution in [0.3, 0.4) is 0 Å². The minimum Gasteiger partial charge on any atom is -0.462 e. The quantitative estimate of drug-likeness (QED) is 0.110. The van der Waals surface area contributed by atoms with Gasteiger partial charge in [0, 0.05) is 51.0 Å². The molecule has 3 aliphatic rings. The molecular weight excluding hydrogens is 891 g/mol. The third kappa shape index (κ3) is 21.6. The minimum absolute atomic E-state index is 0.0203. The molecule has 0 aromatic heterocycles. The van der Waals surface area contributed by atoms with Crippen LogP contribution in [0.4, 0.5) is 0 Å².